The average Bonchev–Trinajstić information content (AvgIpc) is 3.28. The number of hydroxylamine groups is 2. The summed E-state index contributed by atoms with van der Waals surface area (Å²) >= 11 is 0. The monoisotopic (exact) mass is 402 g/mol. The zero-order valence-electron chi connectivity index (χ0n) is 16.9. The molecule has 0 spiro atoms. The van der Waals surface area contributed by atoms with Crippen molar-refractivity contribution >= 4 is 17.5 Å². The number of carbonyl (C=O) groups excluding carboxylic acids is 2. The lowest BCUT2D eigenvalue weighted by molar-refractivity contribution is -0.144. The average molecular weight is 402 g/mol. The molecule has 2 amide bonds. The fourth-order valence-electron chi connectivity index (χ4n) is 3.26. The highest BCUT2D eigenvalue weighted by atomic mass is 16.7. The molecule has 1 aliphatic rings. The number of benzene rings is 1. The Morgan fingerprint density at radius 1 is 1.28 bits per heavy atom. The third-order valence-electron chi connectivity index (χ3n) is 4.75. The summed E-state index contributed by atoms with van der Waals surface area (Å²) in [7, 11) is 2.96. The first-order valence-corrected chi connectivity index (χ1v) is 9.59. The molecule has 0 aliphatic carbocycles. The summed E-state index contributed by atoms with van der Waals surface area (Å²) in [5, 5.41) is 8.36. The smallest absolute Gasteiger partial charge is 0.277 e. The predicted molar refractivity (Wildman–Crippen MR) is 106 cm³/mol. The van der Waals surface area contributed by atoms with Gasteiger partial charge in [0.05, 0.1) is 26.5 Å². The van der Waals surface area contributed by atoms with Crippen molar-refractivity contribution in [3.05, 3.63) is 36.2 Å². The first-order valence-electron chi connectivity index (χ1n) is 9.59. The number of anilines is 1. The van der Waals surface area contributed by atoms with Crippen molar-refractivity contribution in [2.75, 3.05) is 32.7 Å². The van der Waals surface area contributed by atoms with Crippen LogP contribution in [0.1, 0.15) is 42.6 Å². The summed E-state index contributed by atoms with van der Waals surface area (Å²) in [5.74, 6) is 0.126. The molecule has 1 saturated heterocycles. The van der Waals surface area contributed by atoms with Gasteiger partial charge in [0, 0.05) is 24.5 Å². The van der Waals surface area contributed by atoms with Gasteiger partial charge in [-0.3, -0.25) is 19.1 Å². The molecule has 1 aromatic heterocycles. The van der Waals surface area contributed by atoms with Crippen LogP contribution >= 0.6 is 0 Å². The summed E-state index contributed by atoms with van der Waals surface area (Å²) in [6.07, 6.45) is 5.71. The minimum Gasteiger partial charge on any atom is -0.493 e. The Morgan fingerprint density at radius 2 is 2.10 bits per heavy atom. The van der Waals surface area contributed by atoms with Crippen LogP contribution in [0, 0.1) is 0 Å². The highest BCUT2D eigenvalue weighted by Crippen LogP contribution is 2.37. The van der Waals surface area contributed by atoms with E-state index in [0.29, 0.717) is 42.3 Å². The van der Waals surface area contributed by atoms with Crippen LogP contribution in [0.5, 0.6) is 11.5 Å². The van der Waals surface area contributed by atoms with Crippen molar-refractivity contribution < 1.29 is 23.9 Å². The fourth-order valence-corrected chi connectivity index (χ4v) is 3.26. The second kappa shape index (κ2) is 9.42. The summed E-state index contributed by atoms with van der Waals surface area (Å²) in [6.45, 7) is 2.92. The number of aromatic nitrogens is 2. The molecule has 2 aromatic rings. The molecule has 1 atom stereocenters. The number of ether oxygens (including phenoxy) is 2. The zero-order valence-corrected chi connectivity index (χ0v) is 16.9. The van der Waals surface area contributed by atoms with Crippen molar-refractivity contribution in [2.24, 2.45) is 0 Å². The van der Waals surface area contributed by atoms with Crippen molar-refractivity contribution in [3.8, 4) is 11.5 Å². The van der Waals surface area contributed by atoms with E-state index >= 15 is 0 Å². The van der Waals surface area contributed by atoms with E-state index in [-0.39, 0.29) is 11.8 Å². The van der Waals surface area contributed by atoms with Crippen LogP contribution in [0.25, 0.3) is 0 Å². The molecule has 9 nitrogen and oxygen atoms in total. The van der Waals surface area contributed by atoms with E-state index < -0.39 is 6.04 Å². The van der Waals surface area contributed by atoms with Crippen LogP contribution in [-0.2, 0) is 9.63 Å². The van der Waals surface area contributed by atoms with E-state index in [1.165, 1.54) is 19.3 Å². The topological polar surface area (TPSA) is 94.9 Å². The molecule has 1 fully saturated rings. The minimum absolute atomic E-state index is 0.268. The van der Waals surface area contributed by atoms with Gasteiger partial charge in [-0.25, -0.2) is 5.06 Å². The zero-order chi connectivity index (χ0) is 20.8. The van der Waals surface area contributed by atoms with Crippen LogP contribution in [-0.4, -0.2) is 54.0 Å². The number of hydrogen-bond acceptors (Lipinski definition) is 6. The molecule has 1 aliphatic heterocycles. The van der Waals surface area contributed by atoms with E-state index in [0.717, 1.165) is 12.8 Å². The summed E-state index contributed by atoms with van der Waals surface area (Å²) < 4.78 is 12.4. The first kappa shape index (κ1) is 20.7. The number of amides is 2. The van der Waals surface area contributed by atoms with Crippen LogP contribution in [0.3, 0.4) is 0 Å². The second-order valence-electron chi connectivity index (χ2n) is 6.61. The third kappa shape index (κ3) is 4.51. The SMILES string of the molecule is CCC(C(=O)Nc1cc(C(=O)N2CCCCO2)cc(OC)c1OC)n1cccn1. The van der Waals surface area contributed by atoms with Gasteiger partial charge in [-0.15, -0.1) is 0 Å². The van der Waals surface area contributed by atoms with Gasteiger partial charge >= 0.3 is 0 Å². The Morgan fingerprint density at radius 3 is 2.69 bits per heavy atom. The molecule has 0 saturated carbocycles. The maximum absolute atomic E-state index is 12.9. The number of rotatable bonds is 7. The molecular formula is C20H26N4O5. The summed E-state index contributed by atoms with van der Waals surface area (Å²) in [6, 6.07) is 4.43. The van der Waals surface area contributed by atoms with E-state index in [4.69, 9.17) is 14.3 Å². The lowest BCUT2D eigenvalue weighted by atomic mass is 10.1. The molecule has 3 rings (SSSR count). The Labute approximate surface area is 169 Å². The summed E-state index contributed by atoms with van der Waals surface area (Å²) in [5.41, 5.74) is 0.690. The third-order valence-corrected chi connectivity index (χ3v) is 4.75. The molecule has 9 heteroatoms. The number of methoxy groups -OCH3 is 2. The van der Waals surface area contributed by atoms with Gasteiger partial charge in [-0.05, 0) is 37.5 Å². The molecule has 156 valence electrons. The molecule has 2 heterocycles. The van der Waals surface area contributed by atoms with Crippen molar-refractivity contribution in [3.63, 3.8) is 0 Å². The van der Waals surface area contributed by atoms with E-state index in [1.807, 2.05) is 6.92 Å². The van der Waals surface area contributed by atoms with E-state index in [9.17, 15) is 9.59 Å². The lowest BCUT2D eigenvalue weighted by Gasteiger charge is -2.26. The Hall–Kier alpha value is -3.07. The molecule has 29 heavy (non-hydrogen) atoms. The van der Waals surface area contributed by atoms with Crippen LogP contribution in [0.2, 0.25) is 0 Å². The molecule has 0 bridgehead atoms. The van der Waals surface area contributed by atoms with Gasteiger partial charge in [-0.2, -0.15) is 5.10 Å². The van der Waals surface area contributed by atoms with Crippen LogP contribution in [0.4, 0.5) is 5.69 Å². The van der Waals surface area contributed by atoms with Gasteiger partial charge < -0.3 is 14.8 Å². The highest BCUT2D eigenvalue weighted by molar-refractivity contribution is 6.00. The van der Waals surface area contributed by atoms with E-state index in [1.54, 1.807) is 35.3 Å². The van der Waals surface area contributed by atoms with Crippen molar-refractivity contribution in [1.82, 2.24) is 14.8 Å². The quantitative estimate of drug-likeness (QED) is 0.765. The number of nitrogens with one attached hydrogen (secondary N) is 1. The van der Waals surface area contributed by atoms with Crippen LogP contribution < -0.4 is 14.8 Å². The maximum atomic E-state index is 12.9. The van der Waals surface area contributed by atoms with Crippen molar-refractivity contribution in [2.45, 2.75) is 32.2 Å². The Kier molecular flexibility index (Phi) is 6.71. The Balaban J connectivity index is 1.91. The number of hydrogen-bond donors (Lipinski definition) is 1. The highest BCUT2D eigenvalue weighted by Gasteiger charge is 2.25. The van der Waals surface area contributed by atoms with Gasteiger partial charge in [0.15, 0.2) is 11.5 Å². The molecule has 1 N–H and O–H groups in total. The normalized spacial score (nSPS) is 14.9. The molecule has 1 unspecified atom stereocenters. The lowest BCUT2D eigenvalue weighted by Crippen LogP contribution is -2.35. The molecule has 0 radical (unpaired) electrons. The number of carbonyl (C=O) groups is 2. The maximum Gasteiger partial charge on any atom is 0.277 e. The van der Waals surface area contributed by atoms with Gasteiger partial charge in [0.1, 0.15) is 6.04 Å². The van der Waals surface area contributed by atoms with Crippen LogP contribution in [0.15, 0.2) is 30.6 Å². The first-order chi connectivity index (χ1) is 14.1. The van der Waals surface area contributed by atoms with Gasteiger partial charge in [0.25, 0.3) is 5.91 Å². The Bertz CT molecular complexity index is 847. The van der Waals surface area contributed by atoms with Crippen molar-refractivity contribution in [1.29, 1.82) is 0 Å². The second-order valence-corrected chi connectivity index (χ2v) is 6.61. The van der Waals surface area contributed by atoms with Gasteiger partial charge in [0.2, 0.25) is 5.91 Å². The summed E-state index contributed by atoms with van der Waals surface area (Å²) in [4.78, 5) is 31.2. The molecular weight excluding hydrogens is 376 g/mol. The molecule has 1 aromatic carbocycles. The predicted octanol–water partition coefficient (Wildman–Crippen LogP) is 2.66. The van der Waals surface area contributed by atoms with Gasteiger partial charge in [-0.1, -0.05) is 6.92 Å². The fraction of sp³-hybridized carbons (Fsp3) is 0.450. The number of nitrogens with zero attached hydrogens (tertiary/aromatic N) is 3. The minimum atomic E-state index is -0.495. The van der Waals surface area contributed by atoms with E-state index in [2.05, 4.69) is 10.4 Å². The standard InChI is InChI=1S/C20H26N4O5/c1-4-16(23-9-7-8-21-23)19(25)22-15-12-14(13-17(27-2)18(15)28-3)20(26)24-10-5-6-11-29-24/h7-9,12-13,16H,4-6,10-11H2,1-3H3,(H,22,25). The largest absolute Gasteiger partial charge is 0.493 e.